The fourth-order valence-electron chi connectivity index (χ4n) is 2.39. The topological polar surface area (TPSA) is 69.6 Å². The molecule has 1 aromatic carbocycles. The van der Waals surface area contributed by atoms with Crippen molar-refractivity contribution in [1.29, 1.82) is 0 Å². The fraction of sp³-hybridized carbons (Fsp3) is 0.375. The summed E-state index contributed by atoms with van der Waals surface area (Å²) in [6.07, 6.45) is 5.25. The van der Waals surface area contributed by atoms with Gasteiger partial charge < -0.3 is 9.09 Å². The summed E-state index contributed by atoms with van der Waals surface area (Å²) in [6.45, 7) is 2.14. The van der Waals surface area contributed by atoms with Crippen molar-refractivity contribution in [3.63, 3.8) is 0 Å². The molecule has 6 nitrogen and oxygen atoms in total. The molecular weight excluding hydrogens is 310 g/mol. The van der Waals surface area contributed by atoms with E-state index in [9.17, 15) is 0 Å². The molecule has 0 amide bonds. The maximum Gasteiger partial charge on any atom is 0.237 e. The zero-order chi connectivity index (χ0) is 15.6. The molecule has 0 unspecified atom stereocenters. The predicted octanol–water partition coefficient (Wildman–Crippen LogP) is 3.52. The Balaban J connectivity index is 1.44. The van der Waals surface area contributed by atoms with Crippen molar-refractivity contribution in [2.45, 2.75) is 43.1 Å². The summed E-state index contributed by atoms with van der Waals surface area (Å²) in [6, 6.07) is 8.83. The van der Waals surface area contributed by atoms with Crippen LogP contribution in [-0.4, -0.2) is 24.9 Å². The van der Waals surface area contributed by atoms with E-state index in [4.69, 9.17) is 4.52 Å². The van der Waals surface area contributed by atoms with Gasteiger partial charge in [-0.3, -0.25) is 0 Å². The van der Waals surface area contributed by atoms with Gasteiger partial charge in [0.1, 0.15) is 6.33 Å². The first-order chi connectivity index (χ1) is 11.3. The van der Waals surface area contributed by atoms with Gasteiger partial charge in [-0.05, 0) is 24.8 Å². The van der Waals surface area contributed by atoms with Crippen LogP contribution < -0.4 is 0 Å². The Morgan fingerprint density at radius 1 is 1.26 bits per heavy atom. The minimum absolute atomic E-state index is 0.572. The molecule has 118 valence electrons. The Hall–Kier alpha value is -2.15. The molecule has 0 N–H and O–H groups in total. The van der Waals surface area contributed by atoms with Gasteiger partial charge in [-0.15, -0.1) is 10.2 Å². The highest BCUT2D eigenvalue weighted by Crippen LogP contribution is 2.37. The second kappa shape index (κ2) is 6.16. The third kappa shape index (κ3) is 3.14. The Kier molecular flexibility index (Phi) is 3.87. The first kappa shape index (κ1) is 14.4. The van der Waals surface area contributed by atoms with E-state index in [-0.39, 0.29) is 0 Å². The second-order valence-electron chi connectivity index (χ2n) is 5.60. The van der Waals surface area contributed by atoms with Crippen molar-refractivity contribution in [2.24, 2.45) is 0 Å². The normalized spacial score (nSPS) is 14.3. The van der Waals surface area contributed by atoms with E-state index in [0.717, 1.165) is 17.1 Å². The van der Waals surface area contributed by atoms with Crippen molar-refractivity contribution in [3.05, 3.63) is 42.0 Å². The summed E-state index contributed by atoms with van der Waals surface area (Å²) in [5.41, 5.74) is 2.27. The van der Waals surface area contributed by atoms with Gasteiger partial charge >= 0.3 is 0 Å². The number of aryl methyl sites for hydroxylation is 1. The lowest BCUT2D eigenvalue weighted by Crippen LogP contribution is -1.94. The number of nitrogens with zero attached hydrogens (tertiary/aromatic N) is 5. The molecule has 0 aliphatic heterocycles. The molecule has 23 heavy (non-hydrogen) atoms. The molecule has 4 rings (SSSR count). The number of benzene rings is 1. The fourth-order valence-corrected chi connectivity index (χ4v) is 3.20. The zero-order valence-corrected chi connectivity index (χ0v) is 13.7. The molecule has 0 saturated heterocycles. The second-order valence-corrected chi connectivity index (χ2v) is 6.55. The first-order valence-electron chi connectivity index (χ1n) is 7.77. The molecule has 2 aromatic heterocycles. The van der Waals surface area contributed by atoms with Crippen molar-refractivity contribution in [3.8, 4) is 11.4 Å². The van der Waals surface area contributed by atoms with Crippen LogP contribution in [0.1, 0.15) is 37.3 Å². The van der Waals surface area contributed by atoms with E-state index in [1.54, 1.807) is 18.1 Å². The van der Waals surface area contributed by atoms with Crippen molar-refractivity contribution in [2.75, 3.05) is 0 Å². The minimum Gasteiger partial charge on any atom is -0.338 e. The number of hydrogen-bond acceptors (Lipinski definition) is 6. The van der Waals surface area contributed by atoms with Gasteiger partial charge in [0.25, 0.3) is 0 Å². The van der Waals surface area contributed by atoms with E-state index in [1.165, 1.54) is 18.4 Å². The van der Waals surface area contributed by atoms with Gasteiger partial charge in [0.15, 0.2) is 5.16 Å². The number of hydrogen-bond donors (Lipinski definition) is 0. The van der Waals surface area contributed by atoms with Crippen LogP contribution in [-0.2, 0) is 12.2 Å². The monoisotopic (exact) mass is 327 g/mol. The molecule has 0 spiro atoms. The molecule has 0 bridgehead atoms. The molecule has 7 heteroatoms. The van der Waals surface area contributed by atoms with Gasteiger partial charge in [0.2, 0.25) is 11.7 Å². The van der Waals surface area contributed by atoms with E-state index < -0.39 is 0 Å². The smallest absolute Gasteiger partial charge is 0.237 e. The zero-order valence-electron chi connectivity index (χ0n) is 12.8. The van der Waals surface area contributed by atoms with E-state index in [2.05, 4.69) is 44.0 Å². The molecular formula is C16H17N5OS. The summed E-state index contributed by atoms with van der Waals surface area (Å²) in [5.74, 6) is 1.84. The van der Waals surface area contributed by atoms with Crippen LogP contribution in [0.25, 0.3) is 11.4 Å². The van der Waals surface area contributed by atoms with Crippen LogP contribution in [0.4, 0.5) is 0 Å². The third-order valence-corrected chi connectivity index (χ3v) is 4.84. The molecule has 2 heterocycles. The Labute approximate surface area is 138 Å². The van der Waals surface area contributed by atoms with Gasteiger partial charge in [-0.25, -0.2) is 0 Å². The predicted molar refractivity (Wildman–Crippen MR) is 87.0 cm³/mol. The van der Waals surface area contributed by atoms with E-state index in [1.807, 2.05) is 12.1 Å². The summed E-state index contributed by atoms with van der Waals surface area (Å²) in [5, 5.41) is 13.1. The Bertz CT molecular complexity index is 791. The van der Waals surface area contributed by atoms with Crippen LogP contribution in [0.3, 0.4) is 0 Å². The Morgan fingerprint density at radius 3 is 2.83 bits per heavy atom. The average Bonchev–Trinajstić information content (AvgIpc) is 3.14. The SMILES string of the molecule is CCc1ccc(-c2noc(CSc3nncn3C3CC3)n2)cc1. The van der Waals surface area contributed by atoms with Gasteiger partial charge in [-0.1, -0.05) is 48.1 Å². The lowest BCUT2D eigenvalue weighted by molar-refractivity contribution is 0.391. The lowest BCUT2D eigenvalue weighted by Gasteiger charge is -2.01. The largest absolute Gasteiger partial charge is 0.338 e. The summed E-state index contributed by atoms with van der Waals surface area (Å²) in [7, 11) is 0. The lowest BCUT2D eigenvalue weighted by atomic mass is 10.1. The van der Waals surface area contributed by atoms with Crippen molar-refractivity contribution < 1.29 is 4.52 Å². The highest BCUT2D eigenvalue weighted by Gasteiger charge is 2.26. The van der Waals surface area contributed by atoms with Crippen LogP contribution >= 0.6 is 11.8 Å². The number of thioether (sulfide) groups is 1. The highest BCUT2D eigenvalue weighted by atomic mass is 32.2. The molecule has 3 aromatic rings. The molecule has 0 atom stereocenters. The van der Waals surface area contributed by atoms with Crippen molar-refractivity contribution >= 4 is 11.8 Å². The van der Waals surface area contributed by atoms with E-state index in [0.29, 0.717) is 23.5 Å². The maximum absolute atomic E-state index is 5.35. The Morgan fingerprint density at radius 2 is 2.09 bits per heavy atom. The average molecular weight is 327 g/mol. The van der Waals surface area contributed by atoms with Crippen LogP contribution in [0.15, 0.2) is 40.3 Å². The van der Waals surface area contributed by atoms with Gasteiger partial charge in [0, 0.05) is 11.6 Å². The molecule has 1 aliphatic rings. The minimum atomic E-state index is 0.572. The van der Waals surface area contributed by atoms with Crippen LogP contribution in [0, 0.1) is 0 Å². The van der Waals surface area contributed by atoms with Gasteiger partial charge in [-0.2, -0.15) is 4.98 Å². The quantitative estimate of drug-likeness (QED) is 0.645. The molecule has 1 fully saturated rings. The summed E-state index contributed by atoms with van der Waals surface area (Å²) >= 11 is 1.58. The van der Waals surface area contributed by atoms with E-state index >= 15 is 0 Å². The standard InChI is InChI=1S/C16H17N5OS/c1-2-11-3-5-12(6-4-11)15-18-14(22-20-15)9-23-16-19-17-10-21(16)13-7-8-13/h3-6,10,13H,2,7-9H2,1H3. The number of aromatic nitrogens is 5. The summed E-state index contributed by atoms with van der Waals surface area (Å²) in [4.78, 5) is 4.47. The number of rotatable bonds is 6. The molecule has 1 aliphatic carbocycles. The molecule has 1 saturated carbocycles. The van der Waals surface area contributed by atoms with Crippen LogP contribution in [0.2, 0.25) is 0 Å². The van der Waals surface area contributed by atoms with Gasteiger partial charge in [0.05, 0.1) is 5.75 Å². The first-order valence-corrected chi connectivity index (χ1v) is 8.76. The molecule has 0 radical (unpaired) electrons. The summed E-state index contributed by atoms with van der Waals surface area (Å²) < 4.78 is 7.48. The maximum atomic E-state index is 5.35. The highest BCUT2D eigenvalue weighted by molar-refractivity contribution is 7.98. The van der Waals surface area contributed by atoms with Crippen molar-refractivity contribution in [1.82, 2.24) is 24.9 Å². The van der Waals surface area contributed by atoms with Crippen LogP contribution in [0.5, 0.6) is 0 Å². The third-order valence-electron chi connectivity index (χ3n) is 3.89.